The molecule has 30 heavy (non-hydrogen) atoms. The average molecular weight is 412 g/mol. The largest absolute Gasteiger partial charge is 0.488 e. The number of hydrogen-bond donors (Lipinski definition) is 3. The Morgan fingerprint density at radius 1 is 1.33 bits per heavy atom. The Morgan fingerprint density at radius 3 is 2.97 bits per heavy atom. The normalized spacial score (nSPS) is 16.2. The van der Waals surface area contributed by atoms with Gasteiger partial charge in [-0.05, 0) is 37.6 Å². The van der Waals surface area contributed by atoms with E-state index in [1.165, 1.54) is 0 Å². The van der Waals surface area contributed by atoms with Crippen LogP contribution in [0.15, 0.2) is 47.7 Å². The molecule has 3 N–H and O–H groups in total. The number of aryl methyl sites for hydroxylation is 1. The fourth-order valence-corrected chi connectivity index (χ4v) is 3.00. The Hall–Kier alpha value is -3.13. The van der Waals surface area contributed by atoms with Gasteiger partial charge in [-0.15, -0.1) is 0 Å². The van der Waals surface area contributed by atoms with Gasteiger partial charge in [0.25, 0.3) is 0 Å². The van der Waals surface area contributed by atoms with E-state index in [4.69, 9.17) is 9.47 Å². The first-order valence-electron chi connectivity index (χ1n) is 10.2. The first kappa shape index (κ1) is 21.6. The Kier molecular flexibility index (Phi) is 8.02. The number of guanidine groups is 1. The maximum Gasteiger partial charge on any atom is 0.243 e. The molecule has 1 unspecified atom stereocenters. The van der Waals surface area contributed by atoms with Crippen molar-refractivity contribution in [3.05, 3.63) is 53.9 Å². The van der Waals surface area contributed by atoms with E-state index in [1.54, 1.807) is 24.5 Å². The zero-order valence-corrected chi connectivity index (χ0v) is 17.5. The number of benzene rings is 1. The molecule has 0 aliphatic carbocycles. The van der Waals surface area contributed by atoms with Crippen molar-refractivity contribution in [2.45, 2.75) is 32.9 Å². The molecule has 8 nitrogen and oxygen atoms in total. The topological polar surface area (TPSA) is 96.9 Å². The lowest BCUT2D eigenvalue weighted by Crippen LogP contribution is -2.41. The van der Waals surface area contributed by atoms with Crippen LogP contribution in [0.1, 0.15) is 24.5 Å². The smallest absolute Gasteiger partial charge is 0.243 e. The summed E-state index contributed by atoms with van der Waals surface area (Å²) < 4.78 is 11.6. The maximum atomic E-state index is 12.2. The number of aromatic nitrogens is 1. The number of amides is 1. The summed E-state index contributed by atoms with van der Waals surface area (Å²) in [6.07, 6.45) is 4.24. The number of ether oxygens (including phenoxy) is 2. The summed E-state index contributed by atoms with van der Waals surface area (Å²) in [5, 5.41) is 9.01. The molecular formula is C22H29N5O3. The van der Waals surface area contributed by atoms with Crippen LogP contribution in [0.2, 0.25) is 0 Å². The number of aliphatic imine (C=N–C) groups is 1. The van der Waals surface area contributed by atoms with Crippen molar-refractivity contribution in [3.8, 4) is 5.75 Å². The van der Waals surface area contributed by atoms with Gasteiger partial charge in [0.05, 0.1) is 38.2 Å². The van der Waals surface area contributed by atoms with Crippen LogP contribution in [0.3, 0.4) is 0 Å². The number of pyridine rings is 1. The highest BCUT2D eigenvalue weighted by molar-refractivity contribution is 5.94. The van der Waals surface area contributed by atoms with Crippen molar-refractivity contribution in [2.75, 3.05) is 31.6 Å². The van der Waals surface area contributed by atoms with E-state index in [-0.39, 0.29) is 18.6 Å². The second-order valence-corrected chi connectivity index (χ2v) is 7.05. The molecule has 8 heteroatoms. The third kappa shape index (κ3) is 6.73. The van der Waals surface area contributed by atoms with E-state index in [1.807, 2.05) is 32.0 Å². The van der Waals surface area contributed by atoms with Gasteiger partial charge in [-0.25, -0.2) is 4.99 Å². The summed E-state index contributed by atoms with van der Waals surface area (Å²) in [6, 6.07) is 9.67. The first-order chi connectivity index (χ1) is 14.6. The van der Waals surface area contributed by atoms with Gasteiger partial charge in [0.15, 0.2) is 5.96 Å². The van der Waals surface area contributed by atoms with Crippen molar-refractivity contribution in [2.24, 2.45) is 4.99 Å². The summed E-state index contributed by atoms with van der Waals surface area (Å²) in [4.78, 5) is 20.8. The fraction of sp³-hybridized carbons (Fsp3) is 0.409. The minimum Gasteiger partial charge on any atom is -0.488 e. The molecule has 1 fully saturated rings. The molecule has 160 valence electrons. The van der Waals surface area contributed by atoms with Gasteiger partial charge < -0.3 is 25.4 Å². The van der Waals surface area contributed by atoms with Gasteiger partial charge in [-0.2, -0.15) is 0 Å². The quantitative estimate of drug-likeness (QED) is 0.455. The number of nitrogens with one attached hydrogen (secondary N) is 3. The van der Waals surface area contributed by atoms with Gasteiger partial charge >= 0.3 is 0 Å². The molecule has 1 amide bonds. The van der Waals surface area contributed by atoms with Crippen LogP contribution in [0.5, 0.6) is 5.75 Å². The van der Waals surface area contributed by atoms with E-state index in [2.05, 4.69) is 25.9 Å². The standard InChI is InChI=1S/C22H29N5O3/c1-3-24-22(26-14-21(28)27-18-5-4-9-23-13-18)25-12-17-7-6-16(2)11-20(17)30-19-8-10-29-15-19/h4-7,9,11,13,19H,3,8,10,12,14-15H2,1-2H3,(H,27,28)(H2,24,25,26). The third-order valence-corrected chi connectivity index (χ3v) is 4.52. The molecule has 2 heterocycles. The molecule has 0 saturated carbocycles. The lowest BCUT2D eigenvalue weighted by atomic mass is 10.1. The lowest BCUT2D eigenvalue weighted by molar-refractivity contribution is -0.115. The molecule has 0 bridgehead atoms. The van der Waals surface area contributed by atoms with Crippen molar-refractivity contribution < 1.29 is 14.3 Å². The van der Waals surface area contributed by atoms with Gasteiger partial charge in [0.2, 0.25) is 5.91 Å². The predicted octanol–water partition coefficient (Wildman–Crippen LogP) is 2.25. The van der Waals surface area contributed by atoms with E-state index in [9.17, 15) is 4.79 Å². The highest BCUT2D eigenvalue weighted by atomic mass is 16.5. The monoisotopic (exact) mass is 411 g/mol. The molecule has 1 aliphatic heterocycles. The predicted molar refractivity (Wildman–Crippen MR) is 117 cm³/mol. The molecular weight excluding hydrogens is 382 g/mol. The number of rotatable bonds is 8. The summed E-state index contributed by atoms with van der Waals surface area (Å²) in [5.41, 5.74) is 2.78. The fourth-order valence-electron chi connectivity index (χ4n) is 3.00. The van der Waals surface area contributed by atoms with Gasteiger partial charge in [0.1, 0.15) is 11.9 Å². The van der Waals surface area contributed by atoms with Crippen molar-refractivity contribution in [3.63, 3.8) is 0 Å². The average Bonchev–Trinajstić information content (AvgIpc) is 3.25. The Bertz CT molecular complexity index is 851. The minimum absolute atomic E-state index is 0.0806. The van der Waals surface area contributed by atoms with Gasteiger partial charge in [-0.1, -0.05) is 12.1 Å². The van der Waals surface area contributed by atoms with E-state index in [0.29, 0.717) is 31.3 Å². The van der Waals surface area contributed by atoms with Crippen LogP contribution in [0.25, 0.3) is 0 Å². The van der Waals surface area contributed by atoms with Gasteiger partial charge in [0, 0.05) is 24.7 Å². The Balaban J connectivity index is 1.60. The van der Waals surface area contributed by atoms with Crippen molar-refractivity contribution >= 4 is 17.6 Å². The number of hydrogen-bond acceptors (Lipinski definition) is 5. The number of carbonyl (C=O) groups is 1. The molecule has 1 aliphatic rings. The third-order valence-electron chi connectivity index (χ3n) is 4.52. The van der Waals surface area contributed by atoms with Crippen LogP contribution in [0, 0.1) is 6.92 Å². The van der Waals surface area contributed by atoms with Crippen LogP contribution < -0.4 is 20.7 Å². The van der Waals surface area contributed by atoms with Crippen LogP contribution >= 0.6 is 0 Å². The highest BCUT2D eigenvalue weighted by Crippen LogP contribution is 2.24. The molecule has 0 radical (unpaired) electrons. The highest BCUT2D eigenvalue weighted by Gasteiger charge is 2.18. The van der Waals surface area contributed by atoms with E-state index >= 15 is 0 Å². The molecule has 3 rings (SSSR count). The van der Waals surface area contributed by atoms with Crippen LogP contribution in [-0.2, 0) is 16.1 Å². The number of carbonyl (C=O) groups excluding carboxylic acids is 1. The number of nitrogens with zero attached hydrogens (tertiary/aromatic N) is 2. The number of anilines is 1. The van der Waals surface area contributed by atoms with Crippen molar-refractivity contribution in [1.82, 2.24) is 15.6 Å². The maximum absolute atomic E-state index is 12.2. The minimum atomic E-state index is -0.172. The molecule has 1 aromatic carbocycles. The first-order valence-corrected chi connectivity index (χ1v) is 10.2. The molecule has 1 aromatic heterocycles. The summed E-state index contributed by atoms with van der Waals surface area (Å²) in [7, 11) is 0. The van der Waals surface area contributed by atoms with Crippen molar-refractivity contribution in [1.29, 1.82) is 0 Å². The SMILES string of the molecule is CCNC(=NCc1ccc(C)cc1OC1CCOC1)NCC(=O)Nc1cccnc1. The molecule has 0 spiro atoms. The second kappa shape index (κ2) is 11.2. The summed E-state index contributed by atoms with van der Waals surface area (Å²) in [5.74, 6) is 1.23. The van der Waals surface area contributed by atoms with Crippen LogP contribution in [0.4, 0.5) is 5.69 Å². The van der Waals surface area contributed by atoms with Gasteiger partial charge in [-0.3, -0.25) is 9.78 Å². The molecule has 2 aromatic rings. The Labute approximate surface area is 177 Å². The van der Waals surface area contributed by atoms with E-state index in [0.717, 1.165) is 29.9 Å². The lowest BCUT2D eigenvalue weighted by Gasteiger charge is -2.16. The molecule has 1 saturated heterocycles. The zero-order valence-electron chi connectivity index (χ0n) is 17.5. The summed E-state index contributed by atoms with van der Waals surface area (Å²) >= 11 is 0. The van der Waals surface area contributed by atoms with Crippen LogP contribution in [-0.4, -0.2) is 49.3 Å². The molecule has 1 atom stereocenters. The van der Waals surface area contributed by atoms with E-state index < -0.39 is 0 Å². The second-order valence-electron chi connectivity index (χ2n) is 7.05. The summed E-state index contributed by atoms with van der Waals surface area (Å²) in [6.45, 7) is 6.59. The Morgan fingerprint density at radius 2 is 2.23 bits per heavy atom. The zero-order chi connectivity index (χ0) is 21.2.